The van der Waals surface area contributed by atoms with E-state index in [0.717, 1.165) is 0 Å². The molecule has 3 amide bonds. The van der Waals surface area contributed by atoms with Crippen LogP contribution in [0, 0.1) is 12.3 Å². The van der Waals surface area contributed by atoms with Crippen molar-refractivity contribution in [3.8, 4) is 18.1 Å². The summed E-state index contributed by atoms with van der Waals surface area (Å²) in [5, 5.41) is 5.35. The molecule has 0 radical (unpaired) electrons. The van der Waals surface area contributed by atoms with E-state index in [1.54, 1.807) is 76.4 Å². The molecule has 0 aromatic heterocycles. The molecule has 0 aliphatic rings. The van der Waals surface area contributed by atoms with E-state index < -0.39 is 35.6 Å². The Labute approximate surface area is 211 Å². The molecule has 9 heteroatoms. The monoisotopic (exact) mass is 497 g/mol. The summed E-state index contributed by atoms with van der Waals surface area (Å²) in [6.45, 7) is 5.14. The molecule has 2 N–H and O–H groups in total. The van der Waals surface area contributed by atoms with Gasteiger partial charge in [0.1, 0.15) is 23.4 Å². The molecular formula is C26H31N3O5S. The lowest BCUT2D eigenvalue weighted by atomic mass is 9.98. The summed E-state index contributed by atoms with van der Waals surface area (Å²) in [6.07, 6.45) is 4.91. The predicted octanol–water partition coefficient (Wildman–Crippen LogP) is 3.64. The third-order valence-electron chi connectivity index (χ3n) is 4.92. The Morgan fingerprint density at radius 2 is 1.74 bits per heavy atom. The number of nitrogens with zero attached hydrogens (tertiary/aromatic N) is 1. The van der Waals surface area contributed by atoms with Gasteiger partial charge in [0.25, 0.3) is 5.91 Å². The van der Waals surface area contributed by atoms with Crippen molar-refractivity contribution in [3.63, 3.8) is 0 Å². The number of anilines is 1. The number of rotatable bonds is 8. The highest BCUT2D eigenvalue weighted by Gasteiger charge is 2.34. The molecule has 186 valence electrons. The normalized spacial score (nSPS) is 12.5. The molecule has 0 aliphatic carbocycles. The quantitative estimate of drug-likeness (QED) is 0.382. The van der Waals surface area contributed by atoms with E-state index in [2.05, 4.69) is 29.2 Å². The number of hydrogen-bond acceptors (Lipinski definition) is 6. The molecule has 2 rings (SSSR count). The van der Waals surface area contributed by atoms with Crippen LogP contribution in [0.4, 0.5) is 10.5 Å². The molecule has 0 bridgehead atoms. The van der Waals surface area contributed by atoms with Gasteiger partial charge in [0.15, 0.2) is 0 Å². The number of alkyl carbamates (subject to hydrolysis) is 1. The fraction of sp³-hybridized carbons (Fsp3) is 0.346. The molecule has 2 aromatic carbocycles. The fourth-order valence-corrected chi connectivity index (χ4v) is 3.53. The van der Waals surface area contributed by atoms with Gasteiger partial charge < -0.3 is 25.0 Å². The van der Waals surface area contributed by atoms with Crippen molar-refractivity contribution in [1.29, 1.82) is 0 Å². The van der Waals surface area contributed by atoms with E-state index in [1.807, 2.05) is 0 Å². The van der Waals surface area contributed by atoms with Crippen LogP contribution in [-0.4, -0.2) is 54.4 Å². The zero-order valence-corrected chi connectivity index (χ0v) is 21.4. The molecule has 0 fully saturated rings. The molecule has 0 saturated heterocycles. The Morgan fingerprint density at radius 1 is 1.11 bits per heavy atom. The van der Waals surface area contributed by atoms with Gasteiger partial charge in [-0.05, 0) is 56.7 Å². The number of amides is 3. The zero-order chi connectivity index (χ0) is 26.2. The van der Waals surface area contributed by atoms with Gasteiger partial charge >= 0.3 is 6.09 Å². The van der Waals surface area contributed by atoms with Crippen LogP contribution in [0.3, 0.4) is 0 Å². The number of ether oxygens (including phenoxy) is 2. The first kappa shape index (κ1) is 27.6. The van der Waals surface area contributed by atoms with E-state index in [1.165, 1.54) is 11.9 Å². The molecular weight excluding hydrogens is 466 g/mol. The molecule has 0 spiro atoms. The summed E-state index contributed by atoms with van der Waals surface area (Å²) in [5.74, 6) is 2.17. The van der Waals surface area contributed by atoms with Crippen molar-refractivity contribution in [1.82, 2.24) is 10.2 Å². The predicted molar refractivity (Wildman–Crippen MR) is 139 cm³/mol. The average molecular weight is 498 g/mol. The Bertz CT molecular complexity index is 1090. The van der Waals surface area contributed by atoms with E-state index in [4.69, 9.17) is 15.9 Å². The van der Waals surface area contributed by atoms with E-state index >= 15 is 0 Å². The minimum Gasteiger partial charge on any atom is -0.497 e. The third-order valence-corrected chi connectivity index (χ3v) is 5.29. The van der Waals surface area contributed by atoms with E-state index in [0.29, 0.717) is 22.6 Å². The maximum atomic E-state index is 13.5. The van der Waals surface area contributed by atoms with Crippen molar-refractivity contribution in [3.05, 3.63) is 59.7 Å². The topological polar surface area (TPSA) is 97.0 Å². The highest BCUT2D eigenvalue weighted by atomic mass is 32.1. The highest BCUT2D eigenvalue weighted by Crippen LogP contribution is 2.26. The molecule has 2 atom stereocenters. The Kier molecular flexibility index (Phi) is 9.60. The largest absolute Gasteiger partial charge is 0.497 e. The standard InChI is InChI=1S/C26H31N3O5S/c1-7-17-10-8-9-11-20(17)22(23(30)27-18-12-14-19(33-6)15-13-18)29(5)24(31)21(16-35)28-25(32)34-26(2,3)4/h1,8-15,21-22,35H,16H2,2-6H3,(H,27,30)(H,28,32). The lowest BCUT2D eigenvalue weighted by molar-refractivity contribution is -0.138. The van der Waals surface area contributed by atoms with Crippen LogP contribution >= 0.6 is 12.6 Å². The number of carbonyl (C=O) groups excluding carboxylic acids is 3. The molecule has 8 nitrogen and oxygen atoms in total. The lowest BCUT2D eigenvalue weighted by Gasteiger charge is -2.31. The summed E-state index contributed by atoms with van der Waals surface area (Å²) in [5.41, 5.74) is 0.696. The lowest BCUT2D eigenvalue weighted by Crippen LogP contribution is -2.52. The minimum atomic E-state index is -1.08. The van der Waals surface area contributed by atoms with Crippen LogP contribution in [0.15, 0.2) is 48.5 Å². The van der Waals surface area contributed by atoms with Gasteiger partial charge in [0.2, 0.25) is 5.91 Å². The molecule has 0 saturated carbocycles. The van der Waals surface area contributed by atoms with Gasteiger partial charge in [-0.25, -0.2) is 4.79 Å². The Morgan fingerprint density at radius 3 is 2.29 bits per heavy atom. The fourth-order valence-electron chi connectivity index (χ4n) is 3.29. The first-order valence-corrected chi connectivity index (χ1v) is 11.5. The van der Waals surface area contributed by atoms with Gasteiger partial charge in [0, 0.05) is 24.1 Å². The average Bonchev–Trinajstić information content (AvgIpc) is 2.81. The van der Waals surface area contributed by atoms with Gasteiger partial charge in [-0.2, -0.15) is 12.6 Å². The first-order chi connectivity index (χ1) is 16.5. The van der Waals surface area contributed by atoms with E-state index in [-0.39, 0.29) is 5.75 Å². The van der Waals surface area contributed by atoms with Crippen LogP contribution in [0.25, 0.3) is 0 Å². The van der Waals surface area contributed by atoms with Crippen LogP contribution in [-0.2, 0) is 14.3 Å². The molecule has 2 aromatic rings. The van der Waals surface area contributed by atoms with Crippen molar-refractivity contribution < 1.29 is 23.9 Å². The molecule has 2 unspecified atom stereocenters. The maximum Gasteiger partial charge on any atom is 0.408 e. The van der Waals surface area contributed by atoms with Gasteiger partial charge in [-0.3, -0.25) is 9.59 Å². The second-order valence-electron chi connectivity index (χ2n) is 8.68. The van der Waals surface area contributed by atoms with Crippen LogP contribution < -0.4 is 15.4 Å². The summed E-state index contributed by atoms with van der Waals surface area (Å²) in [7, 11) is 3.02. The number of likely N-dealkylation sites (N-methyl/N-ethyl adjacent to an activating group) is 1. The van der Waals surface area contributed by atoms with Gasteiger partial charge in [-0.15, -0.1) is 6.42 Å². The number of thiol groups is 1. The Hall–Kier alpha value is -3.64. The van der Waals surface area contributed by atoms with Crippen LogP contribution in [0.5, 0.6) is 5.75 Å². The summed E-state index contributed by atoms with van der Waals surface area (Å²) in [4.78, 5) is 40.4. The van der Waals surface area contributed by atoms with Gasteiger partial charge in [-0.1, -0.05) is 24.1 Å². The SMILES string of the molecule is C#Cc1ccccc1C(C(=O)Nc1ccc(OC)cc1)N(C)C(=O)C(CS)NC(=O)OC(C)(C)C. The third kappa shape index (κ3) is 7.69. The van der Waals surface area contributed by atoms with Crippen molar-refractivity contribution >= 4 is 36.2 Å². The molecule has 0 aliphatic heterocycles. The Balaban J connectivity index is 2.37. The number of methoxy groups -OCH3 is 1. The highest BCUT2D eigenvalue weighted by molar-refractivity contribution is 7.80. The smallest absolute Gasteiger partial charge is 0.408 e. The zero-order valence-electron chi connectivity index (χ0n) is 20.5. The van der Waals surface area contributed by atoms with Crippen molar-refractivity contribution in [2.24, 2.45) is 0 Å². The molecule has 35 heavy (non-hydrogen) atoms. The second kappa shape index (κ2) is 12.2. The van der Waals surface area contributed by atoms with Crippen molar-refractivity contribution in [2.45, 2.75) is 38.5 Å². The summed E-state index contributed by atoms with van der Waals surface area (Å²) in [6, 6.07) is 11.5. The van der Waals surface area contributed by atoms with Crippen LogP contribution in [0.1, 0.15) is 37.9 Å². The minimum absolute atomic E-state index is 0.00792. The van der Waals surface area contributed by atoms with Crippen molar-refractivity contribution in [2.75, 3.05) is 25.2 Å². The number of benzene rings is 2. The number of nitrogens with one attached hydrogen (secondary N) is 2. The van der Waals surface area contributed by atoms with Crippen LogP contribution in [0.2, 0.25) is 0 Å². The first-order valence-electron chi connectivity index (χ1n) is 10.9. The van der Waals surface area contributed by atoms with Gasteiger partial charge in [0.05, 0.1) is 7.11 Å². The number of carbonyl (C=O) groups is 3. The maximum absolute atomic E-state index is 13.5. The summed E-state index contributed by atoms with van der Waals surface area (Å²) >= 11 is 4.22. The summed E-state index contributed by atoms with van der Waals surface area (Å²) < 4.78 is 10.4. The second-order valence-corrected chi connectivity index (χ2v) is 9.05. The number of hydrogen-bond donors (Lipinski definition) is 3. The number of terminal acetylenes is 1. The van der Waals surface area contributed by atoms with E-state index in [9.17, 15) is 14.4 Å². The molecule has 0 heterocycles.